The van der Waals surface area contributed by atoms with Gasteiger partial charge in [0.15, 0.2) is 0 Å². The van der Waals surface area contributed by atoms with Crippen molar-refractivity contribution in [2.75, 3.05) is 0 Å². The molecule has 0 bridgehead atoms. The number of hydrogen-bond donors (Lipinski definition) is 0. The Hall–Kier alpha value is -1.45. The van der Waals surface area contributed by atoms with Crippen LogP contribution in [0.3, 0.4) is 0 Å². The van der Waals surface area contributed by atoms with Crippen LogP contribution in [0.1, 0.15) is 12.5 Å². The number of alkyl halides is 2. The van der Waals surface area contributed by atoms with E-state index < -0.39 is 18.5 Å². The topological polar surface area (TPSA) is 26.3 Å². The number of benzene rings is 1. The summed E-state index contributed by atoms with van der Waals surface area (Å²) in [6.45, 7) is 0.957. The average Bonchev–Trinajstić information content (AvgIpc) is 2.02. The third kappa shape index (κ3) is 3.51. The van der Waals surface area contributed by atoms with E-state index in [4.69, 9.17) is 0 Å². The monoisotopic (exact) mass is 200 g/mol. The molecule has 0 spiro atoms. The van der Waals surface area contributed by atoms with Crippen LogP contribution in [-0.4, -0.2) is 12.1 Å². The molecule has 1 rings (SSSR count). The first-order valence-corrected chi connectivity index (χ1v) is 4.11. The molecule has 0 saturated carbocycles. The van der Waals surface area contributed by atoms with Crippen molar-refractivity contribution in [3.8, 4) is 0 Å². The highest BCUT2D eigenvalue weighted by atomic mass is 19.3. The van der Waals surface area contributed by atoms with Crippen molar-refractivity contribution in [3.63, 3.8) is 0 Å². The second-order valence-corrected chi connectivity index (χ2v) is 2.89. The van der Waals surface area contributed by atoms with Crippen LogP contribution < -0.4 is 0 Å². The van der Waals surface area contributed by atoms with Gasteiger partial charge in [0.2, 0.25) is 0 Å². The number of halogens is 2. The summed E-state index contributed by atoms with van der Waals surface area (Å²) in [5.41, 5.74) is 0.429. The average molecular weight is 200 g/mol. The van der Waals surface area contributed by atoms with E-state index >= 15 is 0 Å². The molecule has 0 fully saturated rings. The maximum absolute atomic E-state index is 12.9. The van der Waals surface area contributed by atoms with Gasteiger partial charge in [-0.1, -0.05) is 30.3 Å². The molecule has 0 N–H and O–H groups in total. The number of esters is 1. The van der Waals surface area contributed by atoms with E-state index in [0.29, 0.717) is 5.56 Å². The summed E-state index contributed by atoms with van der Waals surface area (Å²) in [6.07, 6.45) is -4.01. The summed E-state index contributed by atoms with van der Waals surface area (Å²) in [6, 6.07) is 8.14. The fourth-order valence-electron chi connectivity index (χ4n) is 1.08. The molecule has 0 aliphatic rings. The lowest BCUT2D eigenvalue weighted by atomic mass is 10.1. The normalized spacial score (nSPS) is 11.1. The van der Waals surface area contributed by atoms with Crippen LogP contribution in [0.5, 0.6) is 0 Å². The molecular weight excluding hydrogens is 190 g/mol. The zero-order valence-corrected chi connectivity index (χ0v) is 7.67. The minimum atomic E-state index is -3.42. The van der Waals surface area contributed by atoms with E-state index in [1.807, 2.05) is 0 Å². The first-order chi connectivity index (χ1) is 6.49. The molecule has 0 aromatic heterocycles. The zero-order valence-electron chi connectivity index (χ0n) is 7.67. The van der Waals surface area contributed by atoms with E-state index in [1.54, 1.807) is 30.3 Å². The molecule has 0 amide bonds. The van der Waals surface area contributed by atoms with Crippen molar-refractivity contribution in [1.29, 1.82) is 0 Å². The highest BCUT2D eigenvalue weighted by Crippen LogP contribution is 2.21. The van der Waals surface area contributed by atoms with Gasteiger partial charge < -0.3 is 4.74 Å². The maximum Gasteiger partial charge on any atom is 0.403 e. The van der Waals surface area contributed by atoms with Crippen LogP contribution in [-0.2, 0) is 16.0 Å². The molecule has 4 heteroatoms. The van der Waals surface area contributed by atoms with Gasteiger partial charge in [-0.25, -0.2) is 0 Å². The van der Waals surface area contributed by atoms with Gasteiger partial charge in [-0.05, 0) is 5.56 Å². The molecule has 1 aromatic rings. The van der Waals surface area contributed by atoms with Crippen LogP contribution >= 0.6 is 0 Å². The van der Waals surface area contributed by atoms with Gasteiger partial charge in [0.1, 0.15) is 0 Å². The first-order valence-electron chi connectivity index (χ1n) is 4.11. The summed E-state index contributed by atoms with van der Waals surface area (Å²) in [7, 11) is 0. The van der Waals surface area contributed by atoms with E-state index in [-0.39, 0.29) is 0 Å². The first kappa shape index (κ1) is 10.6. The van der Waals surface area contributed by atoms with E-state index in [0.717, 1.165) is 6.92 Å². The third-order valence-corrected chi connectivity index (χ3v) is 1.55. The van der Waals surface area contributed by atoms with Crippen LogP contribution in [0, 0.1) is 0 Å². The molecule has 0 heterocycles. The number of carbonyl (C=O) groups is 1. The van der Waals surface area contributed by atoms with Gasteiger partial charge in [-0.15, -0.1) is 0 Å². The quantitative estimate of drug-likeness (QED) is 0.700. The van der Waals surface area contributed by atoms with Gasteiger partial charge in [0, 0.05) is 6.92 Å². The lowest BCUT2D eigenvalue weighted by Crippen LogP contribution is -2.26. The Kier molecular flexibility index (Phi) is 3.17. The zero-order chi connectivity index (χ0) is 10.6. The molecule has 0 atom stereocenters. The summed E-state index contributed by atoms with van der Waals surface area (Å²) in [5.74, 6) is -0.981. The number of carbonyl (C=O) groups excluding carboxylic acids is 1. The Bertz CT molecular complexity index is 309. The number of rotatable bonds is 3. The Balaban J connectivity index is 2.63. The summed E-state index contributed by atoms with van der Waals surface area (Å²) < 4.78 is 29.7. The van der Waals surface area contributed by atoms with Crippen molar-refractivity contribution < 1.29 is 18.3 Å². The summed E-state index contributed by atoms with van der Waals surface area (Å²) in [5, 5.41) is 0. The summed E-state index contributed by atoms with van der Waals surface area (Å²) >= 11 is 0. The Morgan fingerprint density at radius 1 is 1.36 bits per heavy atom. The molecule has 0 saturated heterocycles. The molecule has 14 heavy (non-hydrogen) atoms. The number of ether oxygens (including phenoxy) is 1. The molecule has 0 radical (unpaired) electrons. The Morgan fingerprint density at radius 2 is 1.93 bits per heavy atom. The van der Waals surface area contributed by atoms with Gasteiger partial charge in [-0.2, -0.15) is 8.78 Å². The molecule has 2 nitrogen and oxygen atoms in total. The van der Waals surface area contributed by atoms with Crippen molar-refractivity contribution in [2.45, 2.75) is 19.5 Å². The SMILES string of the molecule is CC(=O)OC(F)(F)Cc1ccccc1. The molecule has 76 valence electrons. The van der Waals surface area contributed by atoms with Crippen LogP contribution in [0.25, 0.3) is 0 Å². The predicted octanol–water partition coefficient (Wildman–Crippen LogP) is 2.39. The van der Waals surface area contributed by atoms with Gasteiger partial charge in [-0.3, -0.25) is 4.79 Å². The second-order valence-electron chi connectivity index (χ2n) is 2.89. The molecular formula is C10H10F2O2. The predicted molar refractivity (Wildman–Crippen MR) is 46.9 cm³/mol. The highest BCUT2D eigenvalue weighted by molar-refractivity contribution is 5.66. The molecule has 0 aliphatic heterocycles. The third-order valence-electron chi connectivity index (χ3n) is 1.55. The van der Waals surface area contributed by atoms with Crippen molar-refractivity contribution in [1.82, 2.24) is 0 Å². The van der Waals surface area contributed by atoms with Crippen LogP contribution in [0.4, 0.5) is 8.78 Å². The van der Waals surface area contributed by atoms with Gasteiger partial charge in [0.05, 0.1) is 6.42 Å². The molecule has 1 aromatic carbocycles. The van der Waals surface area contributed by atoms with Crippen molar-refractivity contribution in [3.05, 3.63) is 35.9 Å². The van der Waals surface area contributed by atoms with Crippen LogP contribution in [0.15, 0.2) is 30.3 Å². The number of hydrogen-bond acceptors (Lipinski definition) is 2. The Labute approximate surface area is 80.5 Å². The standard InChI is InChI=1S/C10H10F2O2/c1-8(13)14-10(11,12)7-9-5-3-2-4-6-9/h2-6H,7H2,1H3. The van der Waals surface area contributed by atoms with Crippen LogP contribution in [0.2, 0.25) is 0 Å². The Morgan fingerprint density at radius 3 is 2.43 bits per heavy atom. The smallest absolute Gasteiger partial charge is 0.401 e. The largest absolute Gasteiger partial charge is 0.403 e. The van der Waals surface area contributed by atoms with Gasteiger partial charge in [0.25, 0.3) is 0 Å². The minimum absolute atomic E-state index is 0.429. The van der Waals surface area contributed by atoms with E-state index in [9.17, 15) is 13.6 Å². The minimum Gasteiger partial charge on any atom is -0.401 e. The van der Waals surface area contributed by atoms with Crippen molar-refractivity contribution >= 4 is 5.97 Å². The molecule has 0 unspecified atom stereocenters. The fraction of sp³-hybridized carbons (Fsp3) is 0.300. The lowest BCUT2D eigenvalue weighted by Gasteiger charge is -2.15. The molecule has 0 aliphatic carbocycles. The summed E-state index contributed by atoms with van der Waals surface area (Å²) in [4.78, 5) is 10.3. The second kappa shape index (κ2) is 4.17. The van der Waals surface area contributed by atoms with Gasteiger partial charge >= 0.3 is 12.1 Å². The highest BCUT2D eigenvalue weighted by Gasteiger charge is 2.32. The lowest BCUT2D eigenvalue weighted by molar-refractivity contribution is -0.229. The fourth-order valence-corrected chi connectivity index (χ4v) is 1.08. The van der Waals surface area contributed by atoms with Crippen molar-refractivity contribution in [2.24, 2.45) is 0 Å². The maximum atomic E-state index is 12.9. The van der Waals surface area contributed by atoms with E-state index in [1.165, 1.54) is 0 Å². The van der Waals surface area contributed by atoms with E-state index in [2.05, 4.69) is 4.74 Å².